The Morgan fingerprint density at radius 3 is 2.95 bits per heavy atom. The van der Waals surface area contributed by atoms with Crippen molar-refractivity contribution in [2.24, 2.45) is 0 Å². The summed E-state index contributed by atoms with van der Waals surface area (Å²) in [6, 6.07) is 7.90. The number of para-hydroxylation sites is 1. The van der Waals surface area contributed by atoms with E-state index in [4.69, 9.17) is 0 Å². The number of benzene rings is 1. The summed E-state index contributed by atoms with van der Waals surface area (Å²) in [5.41, 5.74) is 0.951. The second kappa shape index (κ2) is 6.63. The fraction of sp³-hybridized carbons (Fsp3) is 0.333. The zero-order chi connectivity index (χ0) is 14.5. The van der Waals surface area contributed by atoms with Crippen LogP contribution in [0, 0.1) is 0 Å². The summed E-state index contributed by atoms with van der Waals surface area (Å²) >= 11 is 1.56. The molecule has 1 heterocycles. The number of aromatic nitrogens is 1. The van der Waals surface area contributed by atoms with Crippen LogP contribution in [0.25, 0.3) is 16.3 Å². The molecule has 2 aromatic rings. The van der Waals surface area contributed by atoms with Crippen molar-refractivity contribution in [3.63, 3.8) is 0 Å². The van der Waals surface area contributed by atoms with E-state index >= 15 is 0 Å². The summed E-state index contributed by atoms with van der Waals surface area (Å²) in [4.78, 5) is 17.9. The minimum absolute atomic E-state index is 0.0788. The van der Waals surface area contributed by atoms with Crippen molar-refractivity contribution in [2.75, 3.05) is 13.6 Å². The molecule has 0 aliphatic carbocycles. The number of amides is 1. The standard InChI is InChI=1S/C15H18N2O2S/c1-11(18)9-10-17(2)15(19)8-7-14-16-12-5-3-4-6-13(12)20-14/h3-8,11,18H,9-10H2,1-2H3. The highest BCUT2D eigenvalue weighted by Crippen LogP contribution is 2.22. The van der Waals surface area contributed by atoms with Crippen molar-refractivity contribution in [3.05, 3.63) is 35.3 Å². The molecule has 5 heteroatoms. The molecule has 1 unspecified atom stereocenters. The Labute approximate surface area is 122 Å². The molecule has 1 aromatic carbocycles. The first kappa shape index (κ1) is 14.7. The van der Waals surface area contributed by atoms with Crippen molar-refractivity contribution in [3.8, 4) is 0 Å². The van der Waals surface area contributed by atoms with Gasteiger partial charge in [-0.15, -0.1) is 11.3 Å². The maximum atomic E-state index is 11.9. The Hall–Kier alpha value is -1.72. The van der Waals surface area contributed by atoms with Gasteiger partial charge in [-0.2, -0.15) is 0 Å². The fourth-order valence-electron chi connectivity index (χ4n) is 1.72. The first-order valence-electron chi connectivity index (χ1n) is 6.53. The lowest BCUT2D eigenvalue weighted by molar-refractivity contribution is -0.124. The van der Waals surface area contributed by atoms with Crippen LogP contribution in [0.5, 0.6) is 0 Å². The Balaban J connectivity index is 1.99. The molecule has 0 spiro atoms. The Morgan fingerprint density at radius 2 is 2.25 bits per heavy atom. The van der Waals surface area contributed by atoms with Gasteiger partial charge in [-0.3, -0.25) is 4.79 Å². The van der Waals surface area contributed by atoms with Gasteiger partial charge in [0.25, 0.3) is 0 Å². The first-order chi connectivity index (χ1) is 9.56. The zero-order valence-electron chi connectivity index (χ0n) is 11.6. The predicted octanol–water partition coefficient (Wildman–Crippen LogP) is 2.54. The Morgan fingerprint density at radius 1 is 1.50 bits per heavy atom. The molecule has 0 aliphatic heterocycles. The molecule has 20 heavy (non-hydrogen) atoms. The lowest BCUT2D eigenvalue weighted by atomic mass is 10.3. The van der Waals surface area contributed by atoms with Crippen LogP contribution in [0.4, 0.5) is 0 Å². The van der Waals surface area contributed by atoms with Crippen molar-refractivity contribution in [1.29, 1.82) is 0 Å². The van der Waals surface area contributed by atoms with Crippen LogP contribution >= 0.6 is 11.3 Å². The molecule has 0 saturated heterocycles. The van der Waals surface area contributed by atoms with Crippen LogP contribution in [-0.4, -0.2) is 40.6 Å². The van der Waals surface area contributed by atoms with E-state index in [1.165, 1.54) is 6.08 Å². The number of hydrogen-bond acceptors (Lipinski definition) is 4. The Kier molecular flexibility index (Phi) is 4.87. The molecule has 0 aliphatic rings. The van der Waals surface area contributed by atoms with Gasteiger partial charge in [0, 0.05) is 19.7 Å². The number of aliphatic hydroxyl groups excluding tert-OH is 1. The second-order valence-electron chi connectivity index (χ2n) is 4.75. The highest BCUT2D eigenvalue weighted by molar-refractivity contribution is 7.19. The van der Waals surface area contributed by atoms with Crippen LogP contribution in [0.15, 0.2) is 30.3 Å². The molecule has 1 atom stereocenters. The molecule has 106 valence electrons. The van der Waals surface area contributed by atoms with E-state index in [1.807, 2.05) is 24.3 Å². The second-order valence-corrected chi connectivity index (χ2v) is 5.81. The fourth-order valence-corrected chi connectivity index (χ4v) is 2.59. The number of rotatable bonds is 5. The monoisotopic (exact) mass is 290 g/mol. The molecule has 1 aromatic heterocycles. The van der Waals surface area contributed by atoms with E-state index in [9.17, 15) is 9.90 Å². The average Bonchev–Trinajstić information content (AvgIpc) is 2.84. The summed E-state index contributed by atoms with van der Waals surface area (Å²) in [5.74, 6) is -0.0788. The minimum Gasteiger partial charge on any atom is -0.393 e. The lowest BCUT2D eigenvalue weighted by Gasteiger charge is -2.15. The Bertz CT molecular complexity index is 586. The smallest absolute Gasteiger partial charge is 0.246 e. The molecule has 1 N–H and O–H groups in total. The van der Waals surface area contributed by atoms with E-state index in [0.29, 0.717) is 13.0 Å². The van der Waals surface area contributed by atoms with Gasteiger partial charge in [0.1, 0.15) is 5.01 Å². The summed E-state index contributed by atoms with van der Waals surface area (Å²) in [5, 5.41) is 10.0. The van der Waals surface area contributed by atoms with Crippen LogP contribution < -0.4 is 0 Å². The van der Waals surface area contributed by atoms with Gasteiger partial charge >= 0.3 is 0 Å². The maximum Gasteiger partial charge on any atom is 0.246 e. The maximum absolute atomic E-state index is 11.9. The third-order valence-electron chi connectivity index (χ3n) is 2.94. The highest BCUT2D eigenvalue weighted by atomic mass is 32.1. The largest absolute Gasteiger partial charge is 0.393 e. The molecule has 0 bridgehead atoms. The van der Waals surface area contributed by atoms with Crippen LogP contribution in [0.2, 0.25) is 0 Å². The van der Waals surface area contributed by atoms with Gasteiger partial charge < -0.3 is 10.0 Å². The van der Waals surface area contributed by atoms with E-state index in [2.05, 4.69) is 4.98 Å². The van der Waals surface area contributed by atoms with E-state index in [-0.39, 0.29) is 5.91 Å². The highest BCUT2D eigenvalue weighted by Gasteiger charge is 2.07. The van der Waals surface area contributed by atoms with Gasteiger partial charge in [-0.1, -0.05) is 12.1 Å². The number of nitrogens with zero attached hydrogens (tertiary/aromatic N) is 2. The molecule has 0 saturated carbocycles. The van der Waals surface area contributed by atoms with E-state index in [0.717, 1.165) is 15.2 Å². The molecular weight excluding hydrogens is 272 g/mol. The summed E-state index contributed by atoms with van der Waals surface area (Å²) in [6.45, 7) is 2.26. The van der Waals surface area contributed by atoms with Crippen molar-refractivity contribution in [1.82, 2.24) is 9.88 Å². The SMILES string of the molecule is CC(O)CCN(C)C(=O)C=Cc1nc2ccccc2s1. The van der Waals surface area contributed by atoms with Crippen molar-refractivity contribution >= 4 is 33.5 Å². The summed E-state index contributed by atoms with van der Waals surface area (Å²) < 4.78 is 1.11. The van der Waals surface area contributed by atoms with Crippen LogP contribution in [0.1, 0.15) is 18.4 Å². The number of thiazole rings is 1. The molecule has 2 rings (SSSR count). The third kappa shape index (κ3) is 3.88. The van der Waals surface area contributed by atoms with Gasteiger partial charge in [-0.25, -0.2) is 4.98 Å². The topological polar surface area (TPSA) is 53.4 Å². The molecule has 1 amide bonds. The van der Waals surface area contributed by atoms with Gasteiger partial charge in [0.2, 0.25) is 5.91 Å². The van der Waals surface area contributed by atoms with Crippen LogP contribution in [-0.2, 0) is 4.79 Å². The van der Waals surface area contributed by atoms with E-state index < -0.39 is 6.10 Å². The lowest BCUT2D eigenvalue weighted by Crippen LogP contribution is -2.27. The number of aliphatic hydroxyl groups is 1. The number of fused-ring (bicyclic) bond motifs is 1. The number of carbonyl (C=O) groups is 1. The van der Waals surface area contributed by atoms with Crippen LogP contribution in [0.3, 0.4) is 0 Å². The first-order valence-corrected chi connectivity index (χ1v) is 7.34. The van der Waals surface area contributed by atoms with Gasteiger partial charge in [0.05, 0.1) is 16.3 Å². The summed E-state index contributed by atoms with van der Waals surface area (Å²) in [7, 11) is 1.73. The zero-order valence-corrected chi connectivity index (χ0v) is 12.4. The van der Waals surface area contributed by atoms with Gasteiger partial charge in [0.15, 0.2) is 0 Å². The number of hydrogen-bond donors (Lipinski definition) is 1. The normalized spacial score (nSPS) is 12.9. The molecule has 0 radical (unpaired) electrons. The number of carbonyl (C=O) groups excluding carboxylic acids is 1. The molecule has 0 fully saturated rings. The molecular formula is C15H18N2O2S. The summed E-state index contributed by atoms with van der Waals surface area (Å²) in [6.07, 6.45) is 3.46. The quantitative estimate of drug-likeness (QED) is 0.861. The predicted molar refractivity (Wildman–Crippen MR) is 82.6 cm³/mol. The third-order valence-corrected chi connectivity index (χ3v) is 3.94. The molecule has 4 nitrogen and oxygen atoms in total. The van der Waals surface area contributed by atoms with Crippen molar-refractivity contribution < 1.29 is 9.90 Å². The average molecular weight is 290 g/mol. The number of likely N-dealkylation sites (N-methyl/N-ethyl adjacent to an activating group) is 1. The minimum atomic E-state index is -0.390. The van der Waals surface area contributed by atoms with E-state index in [1.54, 1.807) is 36.3 Å². The van der Waals surface area contributed by atoms with Crippen molar-refractivity contribution in [2.45, 2.75) is 19.4 Å². The van der Waals surface area contributed by atoms with Gasteiger partial charge in [-0.05, 0) is 31.6 Å².